The molecule has 1 aromatic rings. The summed E-state index contributed by atoms with van der Waals surface area (Å²) >= 11 is 0. The van der Waals surface area contributed by atoms with Crippen LogP contribution in [-0.2, 0) is 4.79 Å². The minimum Gasteiger partial charge on any atom is -0.343 e. The van der Waals surface area contributed by atoms with Crippen LogP contribution in [0.15, 0.2) is 24.3 Å². The van der Waals surface area contributed by atoms with Crippen molar-refractivity contribution in [3.05, 3.63) is 35.4 Å². The molecule has 1 fully saturated rings. The van der Waals surface area contributed by atoms with Crippen LogP contribution >= 0.6 is 0 Å². The van der Waals surface area contributed by atoms with Gasteiger partial charge in [-0.05, 0) is 37.8 Å². The predicted octanol–water partition coefficient (Wildman–Crippen LogP) is 1.63. The molecule has 1 saturated carbocycles. The van der Waals surface area contributed by atoms with Crippen LogP contribution < -0.4 is 5.32 Å². The maximum Gasteiger partial charge on any atom is 0.251 e. The molecule has 2 amide bonds. The maximum atomic E-state index is 12.1. The molecule has 1 aliphatic rings. The van der Waals surface area contributed by atoms with Crippen molar-refractivity contribution in [1.82, 2.24) is 10.2 Å². The Morgan fingerprint density at radius 2 is 2.05 bits per heavy atom. The van der Waals surface area contributed by atoms with Crippen LogP contribution in [0.2, 0.25) is 0 Å². The normalized spacial score (nSPS) is 15.5. The molecule has 0 saturated heterocycles. The summed E-state index contributed by atoms with van der Waals surface area (Å²) in [5, 5.41) is 11.8. The molecule has 1 aromatic carbocycles. The third kappa shape index (κ3) is 2.89. The van der Waals surface area contributed by atoms with Gasteiger partial charge < -0.3 is 10.2 Å². The molecule has 5 nitrogen and oxygen atoms in total. The Bertz CT molecular complexity index is 600. The lowest BCUT2D eigenvalue weighted by atomic mass is 9.76. The molecule has 1 N–H and O–H groups in total. The quantitative estimate of drug-likeness (QED) is 0.913. The highest BCUT2D eigenvalue weighted by Gasteiger charge is 2.43. The fraction of sp³-hybridized carbons (Fsp3) is 0.438. The highest BCUT2D eigenvalue weighted by Crippen LogP contribution is 2.36. The fourth-order valence-corrected chi connectivity index (χ4v) is 2.47. The summed E-state index contributed by atoms with van der Waals surface area (Å²) in [6, 6.07) is 9.44. The number of nitrogens with one attached hydrogen (secondary N) is 1. The largest absolute Gasteiger partial charge is 0.343 e. The van der Waals surface area contributed by atoms with E-state index in [1.54, 1.807) is 19.2 Å². The molecule has 0 radical (unpaired) electrons. The molecule has 0 heterocycles. The summed E-state index contributed by atoms with van der Waals surface area (Å²) in [5.41, 5.74) is 0.750. The van der Waals surface area contributed by atoms with Crippen LogP contribution in [0.3, 0.4) is 0 Å². The first-order valence-corrected chi connectivity index (χ1v) is 7.02. The molecule has 0 aromatic heterocycles. The lowest BCUT2D eigenvalue weighted by molar-refractivity contribution is -0.135. The van der Waals surface area contributed by atoms with Gasteiger partial charge in [-0.2, -0.15) is 5.26 Å². The van der Waals surface area contributed by atoms with Gasteiger partial charge in [-0.25, -0.2) is 0 Å². The van der Waals surface area contributed by atoms with E-state index in [0.717, 1.165) is 12.0 Å². The van der Waals surface area contributed by atoms with E-state index >= 15 is 0 Å². The van der Waals surface area contributed by atoms with E-state index in [0.29, 0.717) is 18.4 Å². The first-order valence-electron chi connectivity index (χ1n) is 7.02. The van der Waals surface area contributed by atoms with Crippen LogP contribution in [0.5, 0.6) is 0 Å². The topological polar surface area (TPSA) is 73.2 Å². The van der Waals surface area contributed by atoms with Crippen molar-refractivity contribution in [2.75, 3.05) is 13.6 Å². The second-order valence-corrected chi connectivity index (χ2v) is 5.45. The molecule has 5 heteroatoms. The first-order chi connectivity index (χ1) is 10.00. The highest BCUT2D eigenvalue weighted by molar-refractivity contribution is 5.97. The third-order valence-electron chi connectivity index (χ3n) is 4.19. The molecule has 0 atom stereocenters. The van der Waals surface area contributed by atoms with Gasteiger partial charge in [-0.3, -0.25) is 9.59 Å². The van der Waals surface area contributed by atoms with Crippen molar-refractivity contribution in [3.8, 4) is 6.07 Å². The van der Waals surface area contributed by atoms with E-state index in [1.165, 1.54) is 4.90 Å². The average Bonchev–Trinajstić information content (AvgIpc) is 2.44. The second-order valence-electron chi connectivity index (χ2n) is 5.45. The number of rotatable bonds is 4. The Hall–Kier alpha value is -2.35. The van der Waals surface area contributed by atoms with Crippen LogP contribution in [0.1, 0.15) is 35.2 Å². The van der Waals surface area contributed by atoms with Crippen LogP contribution in [0.25, 0.3) is 0 Å². The number of hydrogen-bond donors (Lipinski definition) is 1. The average molecular weight is 285 g/mol. The van der Waals surface area contributed by atoms with Crippen LogP contribution in [0, 0.1) is 18.3 Å². The number of benzene rings is 1. The summed E-state index contributed by atoms with van der Waals surface area (Å²) in [6.45, 7) is 1.76. The lowest BCUT2D eigenvalue weighted by Crippen LogP contribution is -2.55. The van der Waals surface area contributed by atoms with Crippen molar-refractivity contribution in [2.24, 2.45) is 0 Å². The van der Waals surface area contributed by atoms with Crippen LogP contribution in [-0.4, -0.2) is 35.8 Å². The highest BCUT2D eigenvalue weighted by atomic mass is 16.2. The Kier molecular flexibility index (Phi) is 4.27. The third-order valence-corrected chi connectivity index (χ3v) is 4.19. The minimum absolute atomic E-state index is 0.0902. The summed E-state index contributed by atoms with van der Waals surface area (Å²) in [4.78, 5) is 25.6. The zero-order valence-corrected chi connectivity index (χ0v) is 12.3. The fourth-order valence-electron chi connectivity index (χ4n) is 2.47. The molecule has 1 aliphatic carbocycles. The van der Waals surface area contributed by atoms with E-state index in [1.807, 2.05) is 19.1 Å². The van der Waals surface area contributed by atoms with E-state index in [-0.39, 0.29) is 18.4 Å². The monoisotopic (exact) mass is 285 g/mol. The van der Waals surface area contributed by atoms with Gasteiger partial charge in [0.1, 0.15) is 5.54 Å². The van der Waals surface area contributed by atoms with Gasteiger partial charge >= 0.3 is 0 Å². The predicted molar refractivity (Wildman–Crippen MR) is 78.5 cm³/mol. The first kappa shape index (κ1) is 15.0. The Morgan fingerprint density at radius 3 is 2.57 bits per heavy atom. The summed E-state index contributed by atoms with van der Waals surface area (Å²) in [5.74, 6) is -0.507. The number of hydrogen-bond acceptors (Lipinski definition) is 3. The Balaban J connectivity index is 1.94. The SMILES string of the molecule is Cc1ccccc1C(=O)NCC(=O)N(C)C1(C#N)CCC1. The molecule has 2 rings (SSSR count). The van der Waals surface area contributed by atoms with E-state index < -0.39 is 5.54 Å². The summed E-state index contributed by atoms with van der Waals surface area (Å²) in [7, 11) is 1.63. The molecule has 0 unspecified atom stereocenters. The van der Waals surface area contributed by atoms with Crippen molar-refractivity contribution >= 4 is 11.8 Å². The van der Waals surface area contributed by atoms with Crippen molar-refractivity contribution < 1.29 is 9.59 Å². The smallest absolute Gasteiger partial charge is 0.251 e. The second kappa shape index (κ2) is 5.96. The molecule has 0 spiro atoms. The summed E-state index contributed by atoms with van der Waals surface area (Å²) in [6.07, 6.45) is 2.37. The molecule has 21 heavy (non-hydrogen) atoms. The molecule has 0 bridgehead atoms. The molecular weight excluding hydrogens is 266 g/mol. The van der Waals surface area contributed by atoms with Gasteiger partial charge in [0.25, 0.3) is 5.91 Å². The number of aryl methyl sites for hydroxylation is 1. The van der Waals surface area contributed by atoms with Gasteiger partial charge in [0, 0.05) is 12.6 Å². The van der Waals surface area contributed by atoms with Crippen LogP contribution in [0.4, 0.5) is 0 Å². The van der Waals surface area contributed by atoms with Crippen molar-refractivity contribution in [2.45, 2.75) is 31.7 Å². The lowest BCUT2D eigenvalue weighted by Gasteiger charge is -2.42. The number of nitrogens with zero attached hydrogens (tertiary/aromatic N) is 2. The summed E-state index contributed by atoms with van der Waals surface area (Å²) < 4.78 is 0. The number of amides is 2. The van der Waals surface area contributed by atoms with E-state index in [2.05, 4.69) is 11.4 Å². The van der Waals surface area contributed by atoms with E-state index in [9.17, 15) is 14.9 Å². The van der Waals surface area contributed by atoms with Crippen molar-refractivity contribution in [3.63, 3.8) is 0 Å². The number of nitriles is 1. The van der Waals surface area contributed by atoms with Gasteiger partial charge in [-0.1, -0.05) is 18.2 Å². The van der Waals surface area contributed by atoms with E-state index in [4.69, 9.17) is 0 Å². The molecular formula is C16H19N3O2. The minimum atomic E-state index is -0.676. The maximum absolute atomic E-state index is 12.1. The number of carbonyl (C=O) groups excluding carboxylic acids is 2. The molecule has 0 aliphatic heterocycles. The Labute approximate surface area is 124 Å². The number of likely N-dealkylation sites (N-methyl/N-ethyl adjacent to an activating group) is 1. The zero-order chi connectivity index (χ0) is 15.5. The van der Waals surface area contributed by atoms with Gasteiger partial charge in [0.15, 0.2) is 0 Å². The standard InChI is InChI=1S/C16H19N3O2/c1-12-6-3-4-7-13(12)15(21)18-10-14(20)19(2)16(11-17)8-5-9-16/h3-4,6-7H,5,8-10H2,1-2H3,(H,18,21). The van der Waals surface area contributed by atoms with Gasteiger partial charge in [0.2, 0.25) is 5.91 Å². The molecule has 110 valence electrons. The van der Waals surface area contributed by atoms with Crippen molar-refractivity contribution in [1.29, 1.82) is 5.26 Å². The number of carbonyl (C=O) groups is 2. The Morgan fingerprint density at radius 1 is 1.38 bits per heavy atom. The van der Waals surface area contributed by atoms with Gasteiger partial charge in [-0.15, -0.1) is 0 Å². The van der Waals surface area contributed by atoms with Gasteiger partial charge in [0.05, 0.1) is 12.6 Å². The zero-order valence-electron chi connectivity index (χ0n) is 12.3.